The number of aromatic amines is 2. The van der Waals surface area contributed by atoms with Gasteiger partial charge in [0, 0.05) is 38.5 Å². The smallest absolute Gasteiger partial charge is 0.291 e. The zero-order valence-corrected chi connectivity index (χ0v) is 16.4. The Hall–Kier alpha value is -3.40. The number of carbonyl (C=O) groups is 1. The summed E-state index contributed by atoms with van der Waals surface area (Å²) in [6, 6.07) is 1.78. The number of carbonyl (C=O) groups excluding carboxylic acids is 1. The summed E-state index contributed by atoms with van der Waals surface area (Å²) in [6.07, 6.45) is 3.44. The fraction of sp³-hybridized carbons (Fsp3) is 0.235. The summed E-state index contributed by atoms with van der Waals surface area (Å²) < 4.78 is 7.17. The predicted molar refractivity (Wildman–Crippen MR) is 103 cm³/mol. The van der Waals surface area contributed by atoms with Crippen molar-refractivity contribution < 1.29 is 9.53 Å². The molecule has 0 aliphatic carbocycles. The molecule has 11 heteroatoms. The molecule has 0 aliphatic rings. The van der Waals surface area contributed by atoms with Crippen molar-refractivity contribution in [2.75, 3.05) is 21.2 Å². The number of aromatic nitrogens is 7. The summed E-state index contributed by atoms with van der Waals surface area (Å²) in [4.78, 5) is 21.2. The summed E-state index contributed by atoms with van der Waals surface area (Å²) >= 11 is 6.28. The van der Waals surface area contributed by atoms with Gasteiger partial charge in [-0.1, -0.05) is 11.6 Å². The summed E-state index contributed by atoms with van der Waals surface area (Å²) in [6.45, 7) is 0. The Morgan fingerprint density at radius 1 is 1.32 bits per heavy atom. The van der Waals surface area contributed by atoms with Gasteiger partial charge in [-0.15, -0.1) is 10.2 Å². The fourth-order valence-corrected chi connectivity index (χ4v) is 3.28. The number of pyridine rings is 1. The number of ether oxygens (including phenoxy) is 1. The molecule has 0 radical (unpaired) electrons. The van der Waals surface area contributed by atoms with Crippen molar-refractivity contribution in [1.29, 1.82) is 0 Å². The van der Waals surface area contributed by atoms with E-state index in [-0.39, 0.29) is 11.7 Å². The molecule has 0 saturated carbocycles. The van der Waals surface area contributed by atoms with Gasteiger partial charge in [0.15, 0.2) is 5.82 Å². The van der Waals surface area contributed by atoms with Crippen LogP contribution in [0.1, 0.15) is 10.6 Å². The third kappa shape index (κ3) is 2.69. The molecule has 1 amide bonds. The number of hydrogen-bond acceptors (Lipinski definition) is 6. The van der Waals surface area contributed by atoms with Crippen molar-refractivity contribution in [3.05, 3.63) is 29.3 Å². The van der Waals surface area contributed by atoms with Gasteiger partial charge in [-0.25, -0.2) is 4.98 Å². The van der Waals surface area contributed by atoms with E-state index in [4.69, 9.17) is 16.3 Å². The molecular weight excluding hydrogens is 384 g/mol. The van der Waals surface area contributed by atoms with Crippen LogP contribution in [0.3, 0.4) is 0 Å². The molecule has 0 atom stereocenters. The molecular formula is C17H17ClN8O2. The molecule has 4 rings (SSSR count). The van der Waals surface area contributed by atoms with E-state index in [2.05, 4.69) is 30.4 Å². The number of methoxy groups -OCH3 is 1. The number of halogens is 1. The molecule has 0 saturated heterocycles. The number of hydrogen-bond donors (Lipinski definition) is 2. The lowest BCUT2D eigenvalue weighted by atomic mass is 10.1. The first-order valence-electron chi connectivity index (χ1n) is 8.29. The third-order valence-electron chi connectivity index (χ3n) is 4.39. The SMILES string of the molecule is COc1nc2c(-c3cn[nH]c3)c(-c3nnc(C(=O)N(C)C)[nH]3)n(C)c2cc1Cl. The Morgan fingerprint density at radius 3 is 2.75 bits per heavy atom. The predicted octanol–water partition coefficient (Wildman–Crippen LogP) is 2.11. The number of nitrogens with zero attached hydrogens (tertiary/aromatic N) is 6. The van der Waals surface area contributed by atoms with E-state index < -0.39 is 0 Å². The van der Waals surface area contributed by atoms with E-state index in [1.54, 1.807) is 32.6 Å². The van der Waals surface area contributed by atoms with E-state index in [1.165, 1.54) is 12.0 Å². The van der Waals surface area contributed by atoms with Crippen LogP contribution in [0.15, 0.2) is 18.5 Å². The molecule has 4 aromatic rings. The Bertz CT molecular complexity index is 1180. The zero-order chi connectivity index (χ0) is 20.0. The number of rotatable bonds is 4. The van der Waals surface area contributed by atoms with Crippen LogP contribution in [0.25, 0.3) is 33.7 Å². The van der Waals surface area contributed by atoms with Gasteiger partial charge in [0.25, 0.3) is 5.91 Å². The van der Waals surface area contributed by atoms with Gasteiger partial charge < -0.3 is 19.2 Å². The van der Waals surface area contributed by atoms with E-state index in [0.29, 0.717) is 27.9 Å². The van der Waals surface area contributed by atoms with Gasteiger partial charge >= 0.3 is 0 Å². The molecule has 0 fully saturated rings. The number of H-pyrrole nitrogens is 2. The van der Waals surface area contributed by atoms with Crippen LogP contribution in [0, 0.1) is 0 Å². The zero-order valence-electron chi connectivity index (χ0n) is 15.6. The van der Waals surface area contributed by atoms with Crippen LogP contribution in [0.2, 0.25) is 5.02 Å². The molecule has 0 unspecified atom stereocenters. The van der Waals surface area contributed by atoms with Gasteiger partial charge in [-0.3, -0.25) is 9.89 Å². The molecule has 0 aliphatic heterocycles. The van der Waals surface area contributed by atoms with Crippen molar-refractivity contribution >= 4 is 28.5 Å². The average molecular weight is 401 g/mol. The molecule has 0 spiro atoms. The Morgan fingerprint density at radius 2 is 2.11 bits per heavy atom. The fourth-order valence-electron chi connectivity index (χ4n) is 3.06. The molecule has 28 heavy (non-hydrogen) atoms. The minimum absolute atomic E-state index is 0.145. The van der Waals surface area contributed by atoms with Crippen molar-refractivity contribution in [2.45, 2.75) is 0 Å². The summed E-state index contributed by atoms with van der Waals surface area (Å²) in [5, 5.41) is 15.4. The second-order valence-corrected chi connectivity index (χ2v) is 6.75. The molecule has 10 nitrogen and oxygen atoms in total. The number of fused-ring (bicyclic) bond motifs is 1. The molecule has 144 valence electrons. The van der Waals surface area contributed by atoms with Gasteiger partial charge in [0.2, 0.25) is 11.7 Å². The quantitative estimate of drug-likeness (QED) is 0.541. The van der Waals surface area contributed by atoms with Crippen LogP contribution in [-0.2, 0) is 7.05 Å². The first-order valence-corrected chi connectivity index (χ1v) is 8.67. The summed E-state index contributed by atoms with van der Waals surface area (Å²) in [5.74, 6) is 0.617. The Labute approximate surface area is 164 Å². The molecule has 0 aromatic carbocycles. The lowest BCUT2D eigenvalue weighted by Gasteiger charge is -2.06. The standard InChI is InChI=1S/C17H17ClN8O2/c1-25(2)17(27)15-22-14(23-24-15)13-11(8-6-19-20-7-8)12-10(26(13)3)5-9(18)16(21-12)28-4/h5-7H,1-4H3,(H,19,20)(H,22,23,24). The lowest BCUT2D eigenvalue weighted by Crippen LogP contribution is -2.22. The Kier molecular flexibility index (Phi) is 4.27. The molecule has 0 bridgehead atoms. The maximum Gasteiger partial charge on any atom is 0.291 e. The van der Waals surface area contributed by atoms with E-state index >= 15 is 0 Å². The third-order valence-corrected chi connectivity index (χ3v) is 4.66. The highest BCUT2D eigenvalue weighted by Crippen LogP contribution is 2.40. The van der Waals surface area contributed by atoms with Gasteiger partial charge in [0.05, 0.1) is 24.5 Å². The number of amides is 1. The van der Waals surface area contributed by atoms with Crippen molar-refractivity contribution in [3.8, 4) is 28.5 Å². The second kappa shape index (κ2) is 6.64. The molecule has 2 N–H and O–H groups in total. The molecule has 4 aromatic heterocycles. The summed E-state index contributed by atoms with van der Waals surface area (Å²) in [7, 11) is 6.67. The van der Waals surface area contributed by atoms with E-state index in [0.717, 1.165) is 16.6 Å². The first kappa shape index (κ1) is 18.0. The van der Waals surface area contributed by atoms with Gasteiger partial charge in [-0.05, 0) is 6.07 Å². The maximum atomic E-state index is 12.2. The van der Waals surface area contributed by atoms with Crippen LogP contribution in [0.5, 0.6) is 5.88 Å². The highest BCUT2D eigenvalue weighted by molar-refractivity contribution is 6.32. The van der Waals surface area contributed by atoms with Gasteiger partial charge in [0.1, 0.15) is 10.5 Å². The first-order chi connectivity index (χ1) is 13.4. The van der Waals surface area contributed by atoms with Crippen LogP contribution >= 0.6 is 11.6 Å². The lowest BCUT2D eigenvalue weighted by molar-refractivity contribution is 0.0816. The highest BCUT2D eigenvalue weighted by atomic mass is 35.5. The number of aryl methyl sites for hydroxylation is 1. The number of nitrogens with one attached hydrogen (secondary N) is 2. The maximum absolute atomic E-state index is 12.2. The summed E-state index contributed by atoms with van der Waals surface area (Å²) in [5.41, 5.74) is 3.69. The topological polar surface area (TPSA) is 118 Å². The molecule has 4 heterocycles. The van der Waals surface area contributed by atoms with Crippen LogP contribution in [0.4, 0.5) is 0 Å². The second-order valence-electron chi connectivity index (χ2n) is 6.34. The highest BCUT2D eigenvalue weighted by Gasteiger charge is 2.25. The minimum atomic E-state index is -0.273. The Balaban J connectivity index is 2.02. The monoisotopic (exact) mass is 400 g/mol. The van der Waals surface area contributed by atoms with E-state index in [9.17, 15) is 4.79 Å². The van der Waals surface area contributed by atoms with Crippen molar-refractivity contribution in [2.24, 2.45) is 7.05 Å². The van der Waals surface area contributed by atoms with E-state index in [1.807, 2.05) is 11.6 Å². The van der Waals surface area contributed by atoms with Crippen molar-refractivity contribution in [1.82, 2.24) is 39.8 Å². The van der Waals surface area contributed by atoms with Crippen LogP contribution < -0.4 is 4.74 Å². The largest absolute Gasteiger partial charge is 0.480 e. The van der Waals surface area contributed by atoms with Crippen LogP contribution in [-0.4, -0.2) is 66.9 Å². The normalized spacial score (nSPS) is 11.2. The van der Waals surface area contributed by atoms with Crippen molar-refractivity contribution in [3.63, 3.8) is 0 Å². The minimum Gasteiger partial charge on any atom is -0.480 e. The average Bonchev–Trinajstić information content (AvgIpc) is 3.40. The van der Waals surface area contributed by atoms with Gasteiger partial charge in [-0.2, -0.15) is 5.10 Å².